The number of aryl methyl sites for hydroxylation is 1. The van der Waals surface area contributed by atoms with E-state index in [0.717, 1.165) is 21.6 Å². The molecule has 0 aliphatic carbocycles. The minimum atomic E-state index is 0.547. The van der Waals surface area contributed by atoms with Crippen molar-refractivity contribution in [3.63, 3.8) is 0 Å². The molecule has 1 heterocycles. The summed E-state index contributed by atoms with van der Waals surface area (Å²) in [4.78, 5) is 4.26. The maximum atomic E-state index is 5.68. The van der Waals surface area contributed by atoms with E-state index in [0.29, 0.717) is 18.8 Å². The molecule has 0 radical (unpaired) electrons. The van der Waals surface area contributed by atoms with E-state index in [1.165, 1.54) is 0 Å². The third-order valence-electron chi connectivity index (χ3n) is 2.60. The van der Waals surface area contributed by atoms with Gasteiger partial charge < -0.3 is 15.8 Å². The standard InChI is InChI=1S/C14H16BrN3O/c1-10-5-6-17-14(13(10)15)18-7-8-19-12-4-2-3-11(16)9-12/h2-6,9H,7-8,16H2,1H3,(H,17,18). The number of aromatic nitrogens is 1. The minimum Gasteiger partial charge on any atom is -0.492 e. The van der Waals surface area contributed by atoms with Gasteiger partial charge in [0.1, 0.15) is 18.2 Å². The van der Waals surface area contributed by atoms with Gasteiger partial charge in [-0.05, 0) is 46.6 Å². The average molecular weight is 322 g/mol. The van der Waals surface area contributed by atoms with Gasteiger partial charge in [-0.2, -0.15) is 0 Å². The number of hydrogen-bond donors (Lipinski definition) is 2. The molecule has 4 nitrogen and oxygen atoms in total. The SMILES string of the molecule is Cc1ccnc(NCCOc2cccc(N)c2)c1Br. The molecule has 3 N–H and O–H groups in total. The highest BCUT2D eigenvalue weighted by molar-refractivity contribution is 9.10. The van der Waals surface area contributed by atoms with Gasteiger partial charge in [0, 0.05) is 18.0 Å². The van der Waals surface area contributed by atoms with E-state index in [1.54, 1.807) is 12.3 Å². The van der Waals surface area contributed by atoms with Gasteiger partial charge in [-0.15, -0.1) is 0 Å². The van der Waals surface area contributed by atoms with Crippen molar-refractivity contribution in [2.24, 2.45) is 0 Å². The Labute approximate surface area is 121 Å². The molecule has 1 aromatic carbocycles. The van der Waals surface area contributed by atoms with Crippen LogP contribution in [0.15, 0.2) is 41.0 Å². The third-order valence-corrected chi connectivity index (χ3v) is 3.60. The number of nitrogens with zero attached hydrogens (tertiary/aromatic N) is 1. The number of rotatable bonds is 5. The highest BCUT2D eigenvalue weighted by Gasteiger charge is 2.02. The fourth-order valence-corrected chi connectivity index (χ4v) is 1.98. The molecule has 0 atom stereocenters. The van der Waals surface area contributed by atoms with Gasteiger partial charge in [0.15, 0.2) is 0 Å². The van der Waals surface area contributed by atoms with Crippen LogP contribution in [0.1, 0.15) is 5.56 Å². The molecule has 0 fully saturated rings. The molecule has 2 rings (SSSR count). The zero-order valence-corrected chi connectivity index (χ0v) is 12.3. The van der Waals surface area contributed by atoms with Crippen molar-refractivity contribution in [1.82, 2.24) is 4.98 Å². The number of nitrogens with two attached hydrogens (primary N) is 1. The van der Waals surface area contributed by atoms with E-state index in [4.69, 9.17) is 10.5 Å². The van der Waals surface area contributed by atoms with Crippen molar-refractivity contribution in [1.29, 1.82) is 0 Å². The highest BCUT2D eigenvalue weighted by atomic mass is 79.9. The lowest BCUT2D eigenvalue weighted by Gasteiger charge is -2.10. The maximum absolute atomic E-state index is 5.68. The number of halogens is 1. The van der Waals surface area contributed by atoms with Crippen LogP contribution in [-0.2, 0) is 0 Å². The normalized spacial score (nSPS) is 10.2. The lowest BCUT2D eigenvalue weighted by molar-refractivity contribution is 0.333. The lowest BCUT2D eigenvalue weighted by Crippen LogP contribution is -2.13. The van der Waals surface area contributed by atoms with Gasteiger partial charge in [0.25, 0.3) is 0 Å². The Morgan fingerprint density at radius 1 is 1.37 bits per heavy atom. The Hall–Kier alpha value is -1.75. The third kappa shape index (κ3) is 3.86. The number of benzene rings is 1. The second-order valence-corrected chi connectivity index (χ2v) is 4.93. The number of ether oxygens (including phenoxy) is 1. The number of nitrogen functional groups attached to an aromatic ring is 1. The van der Waals surface area contributed by atoms with Crippen LogP contribution in [0.2, 0.25) is 0 Å². The van der Waals surface area contributed by atoms with Crippen LogP contribution in [0.5, 0.6) is 5.75 Å². The Morgan fingerprint density at radius 3 is 3.00 bits per heavy atom. The molecule has 0 unspecified atom stereocenters. The van der Waals surface area contributed by atoms with E-state index < -0.39 is 0 Å². The summed E-state index contributed by atoms with van der Waals surface area (Å²) in [5.74, 6) is 1.61. The quantitative estimate of drug-likeness (QED) is 0.655. The Morgan fingerprint density at radius 2 is 2.21 bits per heavy atom. The smallest absolute Gasteiger partial charge is 0.140 e. The number of anilines is 2. The number of hydrogen-bond acceptors (Lipinski definition) is 4. The molecule has 0 saturated heterocycles. The second-order valence-electron chi connectivity index (χ2n) is 4.14. The monoisotopic (exact) mass is 321 g/mol. The van der Waals surface area contributed by atoms with Crippen molar-refractivity contribution < 1.29 is 4.74 Å². The first kappa shape index (κ1) is 13.7. The molecule has 2 aromatic rings. The van der Waals surface area contributed by atoms with E-state index in [2.05, 4.69) is 26.2 Å². The van der Waals surface area contributed by atoms with Gasteiger partial charge in [-0.1, -0.05) is 6.07 Å². The minimum absolute atomic E-state index is 0.547. The summed E-state index contributed by atoms with van der Waals surface area (Å²) in [7, 11) is 0. The highest BCUT2D eigenvalue weighted by Crippen LogP contribution is 2.22. The van der Waals surface area contributed by atoms with E-state index in [9.17, 15) is 0 Å². The summed E-state index contributed by atoms with van der Waals surface area (Å²) in [5, 5.41) is 3.22. The van der Waals surface area contributed by atoms with Gasteiger partial charge in [0.2, 0.25) is 0 Å². The molecule has 0 saturated carbocycles. The summed E-state index contributed by atoms with van der Waals surface area (Å²) in [6.07, 6.45) is 1.78. The Bertz CT molecular complexity index is 560. The molecule has 0 amide bonds. The van der Waals surface area contributed by atoms with Gasteiger partial charge in [0.05, 0.1) is 11.0 Å². The second kappa shape index (κ2) is 6.43. The lowest BCUT2D eigenvalue weighted by atomic mass is 10.3. The molecular formula is C14H16BrN3O. The Kier molecular flexibility index (Phi) is 4.63. The van der Waals surface area contributed by atoms with Gasteiger partial charge in [-0.25, -0.2) is 4.98 Å². The summed E-state index contributed by atoms with van der Waals surface area (Å²) in [6, 6.07) is 9.35. The van der Waals surface area contributed by atoms with Crippen LogP contribution in [0.4, 0.5) is 11.5 Å². The number of pyridine rings is 1. The van der Waals surface area contributed by atoms with E-state index in [1.807, 2.05) is 31.2 Å². The average Bonchev–Trinajstić information content (AvgIpc) is 2.39. The van der Waals surface area contributed by atoms with Crippen molar-refractivity contribution in [3.05, 3.63) is 46.6 Å². The molecular weight excluding hydrogens is 306 g/mol. The molecule has 100 valence electrons. The zero-order chi connectivity index (χ0) is 13.7. The van der Waals surface area contributed by atoms with Crippen molar-refractivity contribution in [2.75, 3.05) is 24.2 Å². The predicted octanol–water partition coefficient (Wildman–Crippen LogP) is 3.23. The number of nitrogens with one attached hydrogen (secondary N) is 1. The summed E-state index contributed by atoms with van der Waals surface area (Å²) in [5.41, 5.74) is 7.53. The van der Waals surface area contributed by atoms with Crippen LogP contribution in [0.3, 0.4) is 0 Å². The first-order chi connectivity index (χ1) is 9.16. The molecule has 0 aliphatic rings. The summed E-state index contributed by atoms with van der Waals surface area (Å²) in [6.45, 7) is 3.25. The molecule has 0 aliphatic heterocycles. The predicted molar refractivity (Wildman–Crippen MR) is 81.5 cm³/mol. The molecule has 0 bridgehead atoms. The fraction of sp³-hybridized carbons (Fsp3) is 0.214. The van der Waals surface area contributed by atoms with Crippen LogP contribution in [0.25, 0.3) is 0 Å². The van der Waals surface area contributed by atoms with Crippen molar-refractivity contribution >= 4 is 27.4 Å². The van der Waals surface area contributed by atoms with Crippen LogP contribution < -0.4 is 15.8 Å². The summed E-state index contributed by atoms with van der Waals surface area (Å²) < 4.78 is 6.58. The topological polar surface area (TPSA) is 60.2 Å². The fourth-order valence-electron chi connectivity index (χ4n) is 1.61. The molecule has 1 aromatic heterocycles. The van der Waals surface area contributed by atoms with Gasteiger partial charge in [-0.3, -0.25) is 0 Å². The largest absolute Gasteiger partial charge is 0.492 e. The Balaban J connectivity index is 1.82. The zero-order valence-electron chi connectivity index (χ0n) is 10.7. The molecule has 0 spiro atoms. The van der Waals surface area contributed by atoms with Crippen molar-refractivity contribution in [2.45, 2.75) is 6.92 Å². The summed E-state index contributed by atoms with van der Waals surface area (Å²) >= 11 is 3.50. The van der Waals surface area contributed by atoms with Gasteiger partial charge >= 0.3 is 0 Å². The van der Waals surface area contributed by atoms with Crippen LogP contribution >= 0.6 is 15.9 Å². The molecule has 5 heteroatoms. The maximum Gasteiger partial charge on any atom is 0.140 e. The van der Waals surface area contributed by atoms with Crippen LogP contribution in [0, 0.1) is 6.92 Å². The van der Waals surface area contributed by atoms with E-state index in [-0.39, 0.29) is 0 Å². The van der Waals surface area contributed by atoms with Crippen LogP contribution in [-0.4, -0.2) is 18.1 Å². The molecule has 19 heavy (non-hydrogen) atoms. The van der Waals surface area contributed by atoms with E-state index >= 15 is 0 Å². The van der Waals surface area contributed by atoms with Crippen molar-refractivity contribution in [3.8, 4) is 5.75 Å². The first-order valence-electron chi connectivity index (χ1n) is 6.00. The first-order valence-corrected chi connectivity index (χ1v) is 6.79.